The van der Waals surface area contributed by atoms with Crippen LogP contribution in [-0.4, -0.2) is 30.6 Å². The van der Waals surface area contributed by atoms with Crippen molar-refractivity contribution in [2.75, 3.05) is 19.6 Å². The average Bonchev–Trinajstić information content (AvgIpc) is 2.71. The molecule has 3 atom stereocenters. The average molecular weight is 278 g/mol. The van der Waals surface area contributed by atoms with E-state index < -0.39 is 0 Å². The molecule has 1 aliphatic rings. The van der Waals surface area contributed by atoms with Gasteiger partial charge >= 0.3 is 0 Å². The highest BCUT2D eigenvalue weighted by Gasteiger charge is 2.25. The zero-order valence-electron chi connectivity index (χ0n) is 12.9. The Kier molecular flexibility index (Phi) is 5.55. The van der Waals surface area contributed by atoms with Gasteiger partial charge in [-0.3, -0.25) is 4.90 Å². The van der Waals surface area contributed by atoms with Crippen LogP contribution in [0.15, 0.2) is 24.3 Å². The molecule has 0 bridgehead atoms. The van der Waals surface area contributed by atoms with E-state index in [-0.39, 0.29) is 11.9 Å². The van der Waals surface area contributed by atoms with Gasteiger partial charge in [0.2, 0.25) is 0 Å². The summed E-state index contributed by atoms with van der Waals surface area (Å²) >= 11 is 0. The molecule has 1 aliphatic heterocycles. The summed E-state index contributed by atoms with van der Waals surface area (Å²) in [6.07, 6.45) is 2.35. The van der Waals surface area contributed by atoms with Crippen molar-refractivity contribution in [2.45, 2.75) is 45.7 Å². The molecule has 1 fully saturated rings. The van der Waals surface area contributed by atoms with E-state index in [1.807, 2.05) is 12.1 Å². The van der Waals surface area contributed by atoms with Crippen LogP contribution < -0.4 is 5.32 Å². The Morgan fingerprint density at radius 2 is 2.20 bits per heavy atom. The summed E-state index contributed by atoms with van der Waals surface area (Å²) in [5.41, 5.74) is 1.08. The lowest BCUT2D eigenvalue weighted by atomic mass is 9.98. The summed E-state index contributed by atoms with van der Waals surface area (Å²) in [7, 11) is 0. The smallest absolute Gasteiger partial charge is 0.123 e. The molecule has 3 heteroatoms. The molecule has 1 aromatic rings. The summed E-state index contributed by atoms with van der Waals surface area (Å²) in [6, 6.07) is 7.84. The van der Waals surface area contributed by atoms with E-state index in [0.717, 1.165) is 31.6 Å². The quantitative estimate of drug-likeness (QED) is 0.905. The molecule has 0 aromatic heterocycles. The van der Waals surface area contributed by atoms with Crippen molar-refractivity contribution in [3.8, 4) is 0 Å². The van der Waals surface area contributed by atoms with Crippen LogP contribution in [0.4, 0.5) is 4.39 Å². The maximum atomic E-state index is 13.4. The molecule has 1 saturated heterocycles. The Morgan fingerprint density at radius 3 is 2.90 bits per heavy atom. The van der Waals surface area contributed by atoms with Gasteiger partial charge in [0.25, 0.3) is 0 Å². The number of nitrogens with zero attached hydrogens (tertiary/aromatic N) is 1. The van der Waals surface area contributed by atoms with E-state index in [2.05, 4.69) is 31.0 Å². The molecule has 0 aliphatic carbocycles. The van der Waals surface area contributed by atoms with Gasteiger partial charge in [0.05, 0.1) is 0 Å². The van der Waals surface area contributed by atoms with Gasteiger partial charge in [-0.2, -0.15) is 0 Å². The first-order valence-electron chi connectivity index (χ1n) is 7.84. The fourth-order valence-electron chi connectivity index (χ4n) is 2.97. The minimum atomic E-state index is -0.138. The number of hydrogen-bond donors (Lipinski definition) is 1. The van der Waals surface area contributed by atoms with Gasteiger partial charge in [-0.05, 0) is 43.5 Å². The molecule has 0 spiro atoms. The van der Waals surface area contributed by atoms with Crippen LogP contribution in [0.3, 0.4) is 0 Å². The molecule has 0 saturated carbocycles. The van der Waals surface area contributed by atoms with Crippen molar-refractivity contribution in [1.82, 2.24) is 10.2 Å². The molecule has 2 rings (SSSR count). The summed E-state index contributed by atoms with van der Waals surface area (Å²) in [6.45, 7) is 9.96. The first-order valence-corrected chi connectivity index (χ1v) is 7.84. The lowest BCUT2D eigenvalue weighted by molar-refractivity contribution is 0.188. The second-order valence-electron chi connectivity index (χ2n) is 6.03. The second kappa shape index (κ2) is 7.19. The molecule has 1 aromatic carbocycles. The van der Waals surface area contributed by atoms with Crippen molar-refractivity contribution >= 4 is 0 Å². The molecular formula is C17H27FN2. The SMILES string of the molecule is CCC(C)C1CN(C(C)c2cccc(F)c2)CCCN1. The Balaban J connectivity index is 2.09. The van der Waals surface area contributed by atoms with Crippen LogP contribution in [0.5, 0.6) is 0 Å². The van der Waals surface area contributed by atoms with Crippen LogP contribution in [0.2, 0.25) is 0 Å². The van der Waals surface area contributed by atoms with E-state index in [0.29, 0.717) is 12.0 Å². The lowest BCUT2D eigenvalue weighted by Crippen LogP contribution is -2.42. The van der Waals surface area contributed by atoms with Gasteiger partial charge in [0.1, 0.15) is 5.82 Å². The van der Waals surface area contributed by atoms with Crippen molar-refractivity contribution in [3.05, 3.63) is 35.6 Å². The Morgan fingerprint density at radius 1 is 1.40 bits per heavy atom. The first-order chi connectivity index (χ1) is 9.61. The number of halogens is 1. The molecule has 112 valence electrons. The third-order valence-electron chi connectivity index (χ3n) is 4.67. The van der Waals surface area contributed by atoms with E-state index in [1.165, 1.54) is 12.5 Å². The van der Waals surface area contributed by atoms with E-state index in [1.54, 1.807) is 6.07 Å². The van der Waals surface area contributed by atoms with Crippen molar-refractivity contribution in [3.63, 3.8) is 0 Å². The zero-order chi connectivity index (χ0) is 14.5. The minimum Gasteiger partial charge on any atom is -0.312 e. The predicted octanol–water partition coefficient (Wildman–Crippen LogP) is 3.60. The Labute approximate surface area is 122 Å². The van der Waals surface area contributed by atoms with Crippen LogP contribution in [0.1, 0.15) is 45.2 Å². The van der Waals surface area contributed by atoms with Crippen LogP contribution in [0, 0.1) is 11.7 Å². The predicted molar refractivity (Wildman–Crippen MR) is 82.3 cm³/mol. The maximum Gasteiger partial charge on any atom is 0.123 e. The first kappa shape index (κ1) is 15.5. The van der Waals surface area contributed by atoms with Gasteiger partial charge in [-0.25, -0.2) is 4.39 Å². The van der Waals surface area contributed by atoms with Gasteiger partial charge in [0, 0.05) is 25.2 Å². The zero-order valence-corrected chi connectivity index (χ0v) is 12.9. The Hall–Kier alpha value is -0.930. The van der Waals surface area contributed by atoms with E-state index >= 15 is 0 Å². The van der Waals surface area contributed by atoms with Gasteiger partial charge in [0.15, 0.2) is 0 Å². The summed E-state index contributed by atoms with van der Waals surface area (Å²) < 4.78 is 13.4. The fraction of sp³-hybridized carbons (Fsp3) is 0.647. The van der Waals surface area contributed by atoms with E-state index in [4.69, 9.17) is 0 Å². The molecule has 0 radical (unpaired) electrons. The molecular weight excluding hydrogens is 251 g/mol. The monoisotopic (exact) mass is 278 g/mol. The number of nitrogens with one attached hydrogen (secondary N) is 1. The number of rotatable bonds is 4. The lowest BCUT2D eigenvalue weighted by Gasteiger charge is -2.32. The molecule has 3 unspecified atom stereocenters. The largest absolute Gasteiger partial charge is 0.312 e. The summed E-state index contributed by atoms with van der Waals surface area (Å²) in [4.78, 5) is 2.49. The normalized spacial score (nSPS) is 24.1. The maximum absolute atomic E-state index is 13.4. The molecule has 20 heavy (non-hydrogen) atoms. The third-order valence-corrected chi connectivity index (χ3v) is 4.67. The topological polar surface area (TPSA) is 15.3 Å². The van der Waals surface area contributed by atoms with E-state index in [9.17, 15) is 4.39 Å². The van der Waals surface area contributed by atoms with Crippen LogP contribution in [0.25, 0.3) is 0 Å². The number of benzene rings is 1. The minimum absolute atomic E-state index is 0.138. The van der Waals surface area contributed by atoms with Crippen molar-refractivity contribution in [1.29, 1.82) is 0 Å². The molecule has 1 heterocycles. The van der Waals surface area contributed by atoms with Crippen molar-refractivity contribution in [2.24, 2.45) is 5.92 Å². The fourth-order valence-corrected chi connectivity index (χ4v) is 2.97. The highest BCUT2D eigenvalue weighted by molar-refractivity contribution is 5.19. The van der Waals surface area contributed by atoms with Gasteiger partial charge in [-0.1, -0.05) is 32.4 Å². The highest BCUT2D eigenvalue weighted by atomic mass is 19.1. The highest BCUT2D eigenvalue weighted by Crippen LogP contribution is 2.24. The third kappa shape index (κ3) is 3.80. The summed E-state index contributed by atoms with van der Waals surface area (Å²) in [5, 5.41) is 3.66. The molecule has 0 amide bonds. The standard InChI is InChI=1S/C17H27FN2/c1-4-13(2)17-12-20(10-6-9-19-17)14(3)15-7-5-8-16(18)11-15/h5,7-8,11,13-14,17,19H,4,6,9-10,12H2,1-3H3. The van der Waals surface area contributed by atoms with Gasteiger partial charge in [-0.15, -0.1) is 0 Å². The van der Waals surface area contributed by atoms with Crippen LogP contribution >= 0.6 is 0 Å². The molecule has 1 N–H and O–H groups in total. The van der Waals surface area contributed by atoms with Crippen LogP contribution in [-0.2, 0) is 0 Å². The number of hydrogen-bond acceptors (Lipinski definition) is 2. The van der Waals surface area contributed by atoms with Crippen molar-refractivity contribution < 1.29 is 4.39 Å². The second-order valence-corrected chi connectivity index (χ2v) is 6.03. The van der Waals surface area contributed by atoms with Gasteiger partial charge < -0.3 is 5.32 Å². The Bertz CT molecular complexity index is 421. The summed E-state index contributed by atoms with van der Waals surface area (Å²) in [5.74, 6) is 0.538. The molecule has 2 nitrogen and oxygen atoms in total.